The molecular formula is C8H10F2N2O2. The molecule has 0 aromatic carbocycles. The number of rotatable bonds is 3. The zero-order valence-electron chi connectivity index (χ0n) is 7.75. The highest BCUT2D eigenvalue weighted by molar-refractivity contribution is 5.56. The van der Waals surface area contributed by atoms with Gasteiger partial charge in [0.1, 0.15) is 5.69 Å². The van der Waals surface area contributed by atoms with E-state index in [2.05, 4.69) is 4.98 Å². The van der Waals surface area contributed by atoms with Crippen molar-refractivity contribution in [3.8, 4) is 11.5 Å². The molecule has 4 nitrogen and oxygen atoms in total. The number of nitrogen functional groups attached to an aromatic ring is 1. The van der Waals surface area contributed by atoms with Crippen LogP contribution in [0, 0.1) is 0 Å². The summed E-state index contributed by atoms with van der Waals surface area (Å²) in [4.78, 5) is 3.47. The Morgan fingerprint density at radius 2 is 2.00 bits per heavy atom. The van der Waals surface area contributed by atoms with Crippen LogP contribution in [-0.2, 0) is 0 Å². The summed E-state index contributed by atoms with van der Waals surface area (Å²) in [5, 5.41) is 0. The number of anilines is 1. The normalized spacial score (nSPS) is 10.4. The Morgan fingerprint density at radius 3 is 2.43 bits per heavy atom. The van der Waals surface area contributed by atoms with Crippen LogP contribution in [0.2, 0.25) is 0 Å². The van der Waals surface area contributed by atoms with Crippen LogP contribution in [0.3, 0.4) is 0 Å². The van der Waals surface area contributed by atoms with E-state index in [-0.39, 0.29) is 17.3 Å². The molecule has 0 unspecified atom stereocenters. The van der Waals surface area contributed by atoms with Gasteiger partial charge >= 0.3 is 0 Å². The van der Waals surface area contributed by atoms with Gasteiger partial charge in [-0.05, 0) is 0 Å². The van der Waals surface area contributed by atoms with Gasteiger partial charge in [-0.15, -0.1) is 0 Å². The van der Waals surface area contributed by atoms with Crippen LogP contribution in [0.15, 0.2) is 6.07 Å². The number of pyridine rings is 1. The fourth-order valence-electron chi connectivity index (χ4n) is 1.02. The summed E-state index contributed by atoms with van der Waals surface area (Å²) in [7, 11) is 2.70. The molecule has 0 aliphatic heterocycles. The van der Waals surface area contributed by atoms with Crippen molar-refractivity contribution >= 4 is 5.82 Å². The van der Waals surface area contributed by atoms with Crippen molar-refractivity contribution in [1.29, 1.82) is 0 Å². The largest absolute Gasteiger partial charge is 0.493 e. The van der Waals surface area contributed by atoms with E-state index in [0.29, 0.717) is 0 Å². The number of aromatic nitrogens is 1. The van der Waals surface area contributed by atoms with Crippen LogP contribution in [0.1, 0.15) is 12.1 Å². The minimum atomic E-state index is -2.68. The Balaban J connectivity index is 3.24. The molecule has 0 amide bonds. The van der Waals surface area contributed by atoms with Crippen LogP contribution in [0.25, 0.3) is 0 Å². The summed E-state index contributed by atoms with van der Waals surface area (Å²) in [5.41, 5.74) is 4.97. The van der Waals surface area contributed by atoms with Gasteiger partial charge in [0.15, 0.2) is 11.6 Å². The van der Waals surface area contributed by atoms with E-state index in [4.69, 9.17) is 15.2 Å². The molecule has 0 atom stereocenters. The molecule has 0 fully saturated rings. The molecule has 0 aliphatic rings. The standard InChI is InChI=1S/C8H10F2N2O2/c1-13-5-3-4(7(9)10)12-8(11)6(5)14-2/h3,7H,1-2H3,(H2,11,12). The Labute approximate surface area is 79.6 Å². The number of nitrogens with zero attached hydrogens (tertiary/aromatic N) is 1. The topological polar surface area (TPSA) is 57.4 Å². The van der Waals surface area contributed by atoms with Gasteiger partial charge in [0, 0.05) is 6.07 Å². The second kappa shape index (κ2) is 4.08. The average Bonchev–Trinajstić information content (AvgIpc) is 2.16. The molecule has 0 bridgehead atoms. The number of alkyl halides is 2. The lowest BCUT2D eigenvalue weighted by atomic mass is 10.3. The molecule has 0 saturated carbocycles. The second-order valence-electron chi connectivity index (χ2n) is 2.47. The molecule has 78 valence electrons. The first-order valence-corrected chi connectivity index (χ1v) is 3.76. The minimum Gasteiger partial charge on any atom is -0.493 e. The first-order chi connectivity index (χ1) is 6.60. The Morgan fingerprint density at radius 1 is 1.36 bits per heavy atom. The van der Waals surface area contributed by atoms with Crippen molar-refractivity contribution in [1.82, 2.24) is 4.98 Å². The molecule has 1 aromatic rings. The van der Waals surface area contributed by atoms with Crippen molar-refractivity contribution in [2.24, 2.45) is 0 Å². The summed E-state index contributed by atoms with van der Waals surface area (Å²) in [6.45, 7) is 0. The van der Waals surface area contributed by atoms with E-state index in [9.17, 15) is 8.78 Å². The molecule has 1 rings (SSSR count). The molecule has 1 heterocycles. The van der Waals surface area contributed by atoms with Gasteiger partial charge in [-0.2, -0.15) is 0 Å². The molecule has 0 spiro atoms. The molecule has 14 heavy (non-hydrogen) atoms. The zero-order chi connectivity index (χ0) is 10.7. The van der Waals surface area contributed by atoms with E-state index in [1.165, 1.54) is 14.2 Å². The molecule has 0 aliphatic carbocycles. The smallest absolute Gasteiger partial charge is 0.280 e. The summed E-state index contributed by atoms with van der Waals surface area (Å²) in [5.74, 6) is 0.203. The number of ether oxygens (including phenoxy) is 2. The van der Waals surface area contributed by atoms with E-state index in [0.717, 1.165) is 6.07 Å². The Bertz CT molecular complexity index is 331. The van der Waals surface area contributed by atoms with Crippen molar-refractivity contribution in [2.45, 2.75) is 6.43 Å². The fourth-order valence-corrected chi connectivity index (χ4v) is 1.02. The maximum Gasteiger partial charge on any atom is 0.280 e. The van der Waals surface area contributed by atoms with Crippen LogP contribution < -0.4 is 15.2 Å². The van der Waals surface area contributed by atoms with E-state index < -0.39 is 12.1 Å². The number of halogens is 2. The summed E-state index contributed by atoms with van der Waals surface area (Å²) >= 11 is 0. The second-order valence-corrected chi connectivity index (χ2v) is 2.47. The third kappa shape index (κ3) is 1.84. The third-order valence-corrected chi connectivity index (χ3v) is 1.63. The zero-order valence-corrected chi connectivity index (χ0v) is 7.75. The van der Waals surface area contributed by atoms with Gasteiger partial charge in [-0.1, -0.05) is 0 Å². The molecule has 1 aromatic heterocycles. The summed E-state index contributed by atoms with van der Waals surface area (Å²) in [6.07, 6.45) is -2.68. The molecule has 6 heteroatoms. The maximum absolute atomic E-state index is 12.3. The van der Waals surface area contributed by atoms with Crippen molar-refractivity contribution in [3.05, 3.63) is 11.8 Å². The van der Waals surface area contributed by atoms with Crippen LogP contribution in [-0.4, -0.2) is 19.2 Å². The molecule has 2 N–H and O–H groups in total. The van der Waals surface area contributed by atoms with Crippen LogP contribution >= 0.6 is 0 Å². The molecular weight excluding hydrogens is 194 g/mol. The lowest BCUT2D eigenvalue weighted by Crippen LogP contribution is -2.02. The monoisotopic (exact) mass is 204 g/mol. The van der Waals surface area contributed by atoms with Gasteiger partial charge < -0.3 is 15.2 Å². The highest BCUT2D eigenvalue weighted by Gasteiger charge is 2.16. The quantitative estimate of drug-likeness (QED) is 0.812. The first kappa shape index (κ1) is 10.5. The summed E-state index contributed by atoms with van der Waals surface area (Å²) < 4.78 is 34.2. The Kier molecular flexibility index (Phi) is 3.06. The minimum absolute atomic E-state index is 0.109. The molecule has 0 saturated heterocycles. The number of nitrogens with two attached hydrogens (primary N) is 1. The number of hydrogen-bond donors (Lipinski definition) is 1. The first-order valence-electron chi connectivity index (χ1n) is 3.76. The van der Waals surface area contributed by atoms with E-state index >= 15 is 0 Å². The predicted octanol–water partition coefficient (Wildman–Crippen LogP) is 1.62. The van der Waals surface area contributed by atoms with Gasteiger partial charge in [0.25, 0.3) is 6.43 Å². The summed E-state index contributed by atoms with van der Waals surface area (Å²) in [6, 6.07) is 1.10. The van der Waals surface area contributed by atoms with Crippen molar-refractivity contribution in [2.75, 3.05) is 20.0 Å². The predicted molar refractivity (Wildman–Crippen MR) is 46.7 cm³/mol. The van der Waals surface area contributed by atoms with Crippen LogP contribution in [0.4, 0.5) is 14.6 Å². The van der Waals surface area contributed by atoms with Crippen molar-refractivity contribution < 1.29 is 18.3 Å². The lowest BCUT2D eigenvalue weighted by Gasteiger charge is -2.10. The highest BCUT2D eigenvalue weighted by atomic mass is 19.3. The van der Waals surface area contributed by atoms with Crippen molar-refractivity contribution in [3.63, 3.8) is 0 Å². The van der Waals surface area contributed by atoms with E-state index in [1.54, 1.807) is 0 Å². The number of hydrogen-bond acceptors (Lipinski definition) is 4. The van der Waals surface area contributed by atoms with Gasteiger partial charge in [-0.25, -0.2) is 13.8 Å². The highest BCUT2D eigenvalue weighted by Crippen LogP contribution is 2.34. The average molecular weight is 204 g/mol. The third-order valence-electron chi connectivity index (χ3n) is 1.63. The van der Waals surface area contributed by atoms with Gasteiger partial charge in [0.05, 0.1) is 14.2 Å². The number of methoxy groups -OCH3 is 2. The Hall–Kier alpha value is -1.59. The van der Waals surface area contributed by atoms with Crippen LogP contribution in [0.5, 0.6) is 11.5 Å². The lowest BCUT2D eigenvalue weighted by molar-refractivity contribution is 0.145. The van der Waals surface area contributed by atoms with Gasteiger partial charge in [-0.3, -0.25) is 0 Å². The fraction of sp³-hybridized carbons (Fsp3) is 0.375. The maximum atomic E-state index is 12.3. The molecule has 0 radical (unpaired) electrons. The SMILES string of the molecule is COc1cc(C(F)F)nc(N)c1OC. The van der Waals surface area contributed by atoms with E-state index in [1.807, 2.05) is 0 Å². The van der Waals surface area contributed by atoms with Gasteiger partial charge in [0.2, 0.25) is 5.75 Å².